The van der Waals surface area contributed by atoms with Crippen molar-refractivity contribution < 1.29 is 8.42 Å². The Kier molecular flexibility index (Phi) is 4.59. The van der Waals surface area contributed by atoms with E-state index in [9.17, 15) is 8.42 Å². The van der Waals surface area contributed by atoms with Crippen molar-refractivity contribution in [2.45, 2.75) is 27.7 Å². The highest BCUT2D eigenvalue weighted by molar-refractivity contribution is 7.90. The summed E-state index contributed by atoms with van der Waals surface area (Å²) >= 11 is 0. The number of nitrogens with one attached hydrogen (secondary N) is 1. The summed E-state index contributed by atoms with van der Waals surface area (Å²) in [6.07, 6.45) is 0. The van der Waals surface area contributed by atoms with Crippen LogP contribution in [0.3, 0.4) is 0 Å². The van der Waals surface area contributed by atoms with E-state index in [1.807, 2.05) is 19.9 Å². The molecule has 0 aliphatic carbocycles. The molecular formula is C12H21N3O2S. The van der Waals surface area contributed by atoms with E-state index in [1.54, 1.807) is 19.9 Å². The zero-order valence-corrected chi connectivity index (χ0v) is 12.1. The summed E-state index contributed by atoms with van der Waals surface area (Å²) in [5, 5.41) is 0. The zero-order valence-electron chi connectivity index (χ0n) is 11.3. The molecule has 0 amide bonds. The van der Waals surface area contributed by atoms with E-state index in [0.29, 0.717) is 24.5 Å². The van der Waals surface area contributed by atoms with Gasteiger partial charge < -0.3 is 5.73 Å². The Morgan fingerprint density at radius 1 is 1.17 bits per heavy atom. The largest absolute Gasteiger partial charge is 0.398 e. The van der Waals surface area contributed by atoms with E-state index in [4.69, 9.17) is 5.73 Å². The molecule has 0 saturated carbocycles. The summed E-state index contributed by atoms with van der Waals surface area (Å²) < 4.78 is 28.1. The number of rotatable bonds is 5. The Bertz CT molecular complexity index is 522. The predicted octanol–water partition coefficient (Wildman–Crippen LogP) is 1.88. The Labute approximate surface area is 109 Å². The topological polar surface area (TPSA) is 75.4 Å². The molecule has 0 aliphatic heterocycles. The molecule has 0 atom stereocenters. The number of hydrogen-bond acceptors (Lipinski definition) is 3. The normalized spacial score (nSPS) is 11.8. The molecule has 0 radical (unpaired) electrons. The molecule has 1 aromatic rings. The molecule has 0 unspecified atom stereocenters. The molecule has 0 heterocycles. The third-order valence-corrected chi connectivity index (χ3v) is 4.57. The molecule has 0 bridgehead atoms. The van der Waals surface area contributed by atoms with Crippen LogP contribution in [0.25, 0.3) is 0 Å². The molecule has 18 heavy (non-hydrogen) atoms. The third kappa shape index (κ3) is 3.14. The SMILES string of the molecule is CCN(CC)S(=O)(=O)Nc1cc(N)c(C)cc1C. The zero-order chi connectivity index (χ0) is 13.9. The average molecular weight is 271 g/mol. The molecule has 5 nitrogen and oxygen atoms in total. The molecule has 1 aromatic carbocycles. The molecule has 0 spiro atoms. The quantitative estimate of drug-likeness (QED) is 0.803. The van der Waals surface area contributed by atoms with E-state index >= 15 is 0 Å². The number of aryl methyl sites for hydroxylation is 2. The number of nitrogens with two attached hydrogens (primary N) is 1. The van der Waals surface area contributed by atoms with Gasteiger partial charge in [0.15, 0.2) is 0 Å². The first-order chi connectivity index (χ1) is 8.31. The Balaban J connectivity index is 3.08. The van der Waals surface area contributed by atoms with Crippen LogP contribution >= 0.6 is 0 Å². The van der Waals surface area contributed by atoms with Crippen molar-refractivity contribution >= 4 is 21.6 Å². The maximum atomic E-state index is 12.1. The van der Waals surface area contributed by atoms with Gasteiger partial charge in [0.25, 0.3) is 0 Å². The van der Waals surface area contributed by atoms with Gasteiger partial charge in [-0.2, -0.15) is 12.7 Å². The van der Waals surface area contributed by atoms with Crippen LogP contribution in [-0.4, -0.2) is 25.8 Å². The highest BCUT2D eigenvalue weighted by atomic mass is 32.2. The van der Waals surface area contributed by atoms with Crippen molar-refractivity contribution in [3.8, 4) is 0 Å². The van der Waals surface area contributed by atoms with E-state index < -0.39 is 10.2 Å². The van der Waals surface area contributed by atoms with Gasteiger partial charge in [-0.25, -0.2) is 0 Å². The van der Waals surface area contributed by atoms with E-state index in [-0.39, 0.29) is 0 Å². The standard InChI is InChI=1S/C12H21N3O2S/c1-5-15(6-2)18(16,17)14-12-8-11(13)9(3)7-10(12)4/h7-8,14H,5-6,13H2,1-4H3. The third-order valence-electron chi connectivity index (χ3n) is 2.90. The molecule has 0 aliphatic rings. The van der Waals surface area contributed by atoms with Gasteiger partial charge >= 0.3 is 10.2 Å². The van der Waals surface area contributed by atoms with Crippen LogP contribution in [0.1, 0.15) is 25.0 Å². The smallest absolute Gasteiger partial charge is 0.301 e. The molecule has 0 aromatic heterocycles. The Hall–Kier alpha value is -1.27. The second kappa shape index (κ2) is 5.58. The van der Waals surface area contributed by atoms with Crippen LogP contribution in [0, 0.1) is 13.8 Å². The lowest BCUT2D eigenvalue weighted by atomic mass is 10.1. The van der Waals surface area contributed by atoms with E-state index in [2.05, 4.69) is 4.72 Å². The van der Waals surface area contributed by atoms with Gasteiger partial charge in [-0.3, -0.25) is 4.72 Å². The first-order valence-corrected chi connectivity index (χ1v) is 7.40. The summed E-state index contributed by atoms with van der Waals surface area (Å²) in [6.45, 7) is 8.23. The summed E-state index contributed by atoms with van der Waals surface area (Å²) in [5.74, 6) is 0. The van der Waals surface area contributed by atoms with Crippen molar-refractivity contribution in [2.75, 3.05) is 23.5 Å². The van der Waals surface area contributed by atoms with E-state index in [1.165, 1.54) is 4.31 Å². The van der Waals surface area contributed by atoms with Crippen LogP contribution in [0.2, 0.25) is 0 Å². The first kappa shape index (κ1) is 14.8. The second-order valence-corrected chi connectivity index (χ2v) is 5.89. The van der Waals surface area contributed by atoms with Crippen LogP contribution in [0.4, 0.5) is 11.4 Å². The Morgan fingerprint density at radius 3 is 2.22 bits per heavy atom. The Morgan fingerprint density at radius 2 is 1.72 bits per heavy atom. The van der Waals surface area contributed by atoms with Crippen LogP contribution in [0.5, 0.6) is 0 Å². The maximum absolute atomic E-state index is 12.1. The summed E-state index contributed by atoms with van der Waals surface area (Å²) in [5.41, 5.74) is 8.72. The highest BCUT2D eigenvalue weighted by Crippen LogP contribution is 2.23. The van der Waals surface area contributed by atoms with Crippen molar-refractivity contribution in [2.24, 2.45) is 0 Å². The minimum absolute atomic E-state index is 0.437. The number of anilines is 2. The lowest BCUT2D eigenvalue weighted by Gasteiger charge is -2.20. The maximum Gasteiger partial charge on any atom is 0.301 e. The van der Waals surface area contributed by atoms with E-state index in [0.717, 1.165) is 11.1 Å². The molecule has 3 N–H and O–H groups in total. The van der Waals surface area contributed by atoms with Gasteiger partial charge in [0.05, 0.1) is 5.69 Å². The molecular weight excluding hydrogens is 250 g/mol. The molecule has 1 rings (SSSR count). The second-order valence-electron chi connectivity index (χ2n) is 4.22. The lowest BCUT2D eigenvalue weighted by Crippen LogP contribution is -2.35. The summed E-state index contributed by atoms with van der Waals surface area (Å²) in [4.78, 5) is 0. The highest BCUT2D eigenvalue weighted by Gasteiger charge is 2.19. The molecule has 0 saturated heterocycles. The van der Waals surface area contributed by atoms with Crippen LogP contribution < -0.4 is 10.5 Å². The van der Waals surface area contributed by atoms with Crippen LogP contribution in [-0.2, 0) is 10.2 Å². The van der Waals surface area contributed by atoms with Gasteiger partial charge in [0, 0.05) is 18.8 Å². The average Bonchev–Trinajstić information content (AvgIpc) is 2.26. The van der Waals surface area contributed by atoms with Gasteiger partial charge in [0.1, 0.15) is 0 Å². The van der Waals surface area contributed by atoms with Gasteiger partial charge in [-0.05, 0) is 31.0 Å². The summed E-state index contributed by atoms with van der Waals surface area (Å²) in [6, 6.07) is 3.53. The fourth-order valence-corrected chi connectivity index (χ4v) is 3.05. The fourth-order valence-electron chi connectivity index (χ4n) is 1.75. The number of nitrogen functional groups attached to an aromatic ring is 1. The molecule has 102 valence electrons. The molecule has 6 heteroatoms. The monoisotopic (exact) mass is 271 g/mol. The van der Waals surface area contributed by atoms with Crippen molar-refractivity contribution in [3.05, 3.63) is 23.3 Å². The van der Waals surface area contributed by atoms with Gasteiger partial charge in [-0.1, -0.05) is 19.9 Å². The van der Waals surface area contributed by atoms with Crippen molar-refractivity contribution in [1.82, 2.24) is 4.31 Å². The van der Waals surface area contributed by atoms with Crippen molar-refractivity contribution in [1.29, 1.82) is 0 Å². The predicted molar refractivity (Wildman–Crippen MR) is 75.8 cm³/mol. The van der Waals surface area contributed by atoms with Crippen molar-refractivity contribution in [3.63, 3.8) is 0 Å². The van der Waals surface area contributed by atoms with Gasteiger partial charge in [-0.15, -0.1) is 0 Å². The summed E-state index contributed by atoms with van der Waals surface area (Å²) in [7, 11) is -3.50. The van der Waals surface area contributed by atoms with Crippen LogP contribution in [0.15, 0.2) is 12.1 Å². The number of nitrogens with zero attached hydrogens (tertiary/aromatic N) is 1. The fraction of sp³-hybridized carbons (Fsp3) is 0.500. The minimum atomic E-state index is -3.50. The van der Waals surface area contributed by atoms with Gasteiger partial charge in [0.2, 0.25) is 0 Å². The number of benzene rings is 1. The first-order valence-electron chi connectivity index (χ1n) is 5.96. The minimum Gasteiger partial charge on any atom is -0.398 e. The molecule has 0 fully saturated rings. The number of hydrogen-bond donors (Lipinski definition) is 2. The lowest BCUT2D eigenvalue weighted by molar-refractivity contribution is 0.449.